The first-order chi connectivity index (χ1) is 8.47. The van der Waals surface area contributed by atoms with Gasteiger partial charge in [-0.2, -0.15) is 4.37 Å². The molecule has 8 heteroatoms. The van der Waals surface area contributed by atoms with Gasteiger partial charge in [0.25, 0.3) is 5.91 Å². The topological polar surface area (TPSA) is 107 Å². The highest BCUT2D eigenvalue weighted by molar-refractivity contribution is 7.09. The molecule has 18 heavy (non-hydrogen) atoms. The van der Waals surface area contributed by atoms with Crippen LogP contribution in [0.4, 0.5) is 20.9 Å². The number of halogens is 1. The number of hydrogen-bond donors (Lipinski definition) is 3. The molecule has 0 unspecified atom stereocenters. The van der Waals surface area contributed by atoms with Gasteiger partial charge >= 0.3 is 0 Å². The molecule has 0 aliphatic carbocycles. The summed E-state index contributed by atoms with van der Waals surface area (Å²) < 4.78 is 17.6. The third-order valence-electron chi connectivity index (χ3n) is 2.17. The van der Waals surface area contributed by atoms with Crippen LogP contribution in [0.3, 0.4) is 0 Å². The van der Waals surface area contributed by atoms with Crippen molar-refractivity contribution in [2.75, 3.05) is 11.1 Å². The molecule has 0 atom stereocenters. The number of nitrogen functional groups attached to an aromatic ring is 1. The van der Waals surface area contributed by atoms with Crippen LogP contribution in [0.2, 0.25) is 0 Å². The number of rotatable bonds is 3. The number of nitrogens with two attached hydrogens (primary N) is 2. The first-order valence-corrected chi connectivity index (χ1v) is 5.71. The number of amides is 1. The van der Waals surface area contributed by atoms with E-state index in [0.29, 0.717) is 11.0 Å². The molecule has 1 amide bonds. The fourth-order valence-electron chi connectivity index (χ4n) is 1.36. The average Bonchev–Trinajstić information content (AvgIpc) is 2.67. The molecule has 2 rings (SSSR count). The van der Waals surface area contributed by atoms with Gasteiger partial charge in [-0.3, -0.25) is 4.79 Å². The van der Waals surface area contributed by atoms with Crippen LogP contribution in [0, 0.1) is 12.7 Å². The van der Waals surface area contributed by atoms with E-state index in [-0.39, 0.29) is 16.9 Å². The van der Waals surface area contributed by atoms with Gasteiger partial charge in [0.2, 0.25) is 5.13 Å². The molecule has 0 bridgehead atoms. The Morgan fingerprint density at radius 2 is 2.22 bits per heavy atom. The molecular weight excluding hydrogens is 257 g/mol. The molecule has 1 aromatic carbocycles. The van der Waals surface area contributed by atoms with Gasteiger partial charge in [0, 0.05) is 17.2 Å². The molecular formula is C10H10FN5OS. The Bertz CT molecular complexity index is 612. The van der Waals surface area contributed by atoms with Crippen molar-refractivity contribution < 1.29 is 9.18 Å². The van der Waals surface area contributed by atoms with Gasteiger partial charge in [-0.25, -0.2) is 9.37 Å². The Kier molecular flexibility index (Phi) is 3.11. The van der Waals surface area contributed by atoms with Gasteiger partial charge in [0.15, 0.2) is 0 Å². The fraction of sp³-hybridized carbons (Fsp3) is 0.100. The number of aryl methyl sites for hydroxylation is 1. The first-order valence-electron chi connectivity index (χ1n) is 4.93. The van der Waals surface area contributed by atoms with E-state index >= 15 is 0 Å². The smallest absolute Gasteiger partial charge is 0.250 e. The third kappa shape index (κ3) is 2.38. The zero-order valence-electron chi connectivity index (χ0n) is 9.40. The molecule has 0 aliphatic rings. The Balaban J connectivity index is 2.38. The molecule has 94 valence electrons. The second-order valence-corrected chi connectivity index (χ2v) is 4.31. The lowest BCUT2D eigenvalue weighted by Crippen LogP contribution is -2.14. The molecule has 0 spiro atoms. The van der Waals surface area contributed by atoms with Crippen molar-refractivity contribution in [1.29, 1.82) is 0 Å². The standard InChI is InChI=1S/C10H10FN5OS/c1-4-14-10(18-16-4)15-8-2-5(9(13)17)7(12)3-6(8)11/h2-3H,12H2,1H3,(H2,13,17)(H,14,15,16). The minimum atomic E-state index is -0.719. The lowest BCUT2D eigenvalue weighted by molar-refractivity contribution is 0.100. The summed E-state index contributed by atoms with van der Waals surface area (Å²) in [5.41, 5.74) is 10.8. The minimum Gasteiger partial charge on any atom is -0.398 e. The van der Waals surface area contributed by atoms with E-state index in [0.717, 1.165) is 17.6 Å². The highest BCUT2D eigenvalue weighted by atomic mass is 32.1. The van der Waals surface area contributed by atoms with Crippen molar-refractivity contribution in [2.24, 2.45) is 5.73 Å². The van der Waals surface area contributed by atoms with Gasteiger partial charge in [0.1, 0.15) is 11.6 Å². The fourth-order valence-corrected chi connectivity index (χ4v) is 1.95. The van der Waals surface area contributed by atoms with E-state index in [1.54, 1.807) is 6.92 Å². The first kappa shape index (κ1) is 12.2. The quantitative estimate of drug-likeness (QED) is 0.729. The summed E-state index contributed by atoms with van der Waals surface area (Å²) in [6, 6.07) is 2.29. The molecule has 0 aliphatic heterocycles. The van der Waals surface area contributed by atoms with E-state index in [2.05, 4.69) is 14.7 Å². The number of carbonyl (C=O) groups is 1. The molecule has 0 saturated carbocycles. The highest BCUT2D eigenvalue weighted by Gasteiger charge is 2.13. The summed E-state index contributed by atoms with van der Waals surface area (Å²) in [5, 5.41) is 3.14. The molecule has 6 nitrogen and oxygen atoms in total. The number of nitrogens with one attached hydrogen (secondary N) is 1. The molecule has 1 aromatic heterocycles. The maximum absolute atomic E-state index is 13.6. The largest absolute Gasteiger partial charge is 0.398 e. The van der Waals surface area contributed by atoms with E-state index in [4.69, 9.17) is 11.5 Å². The van der Waals surface area contributed by atoms with Crippen LogP contribution in [-0.2, 0) is 0 Å². The Hall–Kier alpha value is -2.22. The predicted molar refractivity (Wildman–Crippen MR) is 67.3 cm³/mol. The van der Waals surface area contributed by atoms with Gasteiger partial charge < -0.3 is 16.8 Å². The number of aromatic nitrogens is 2. The summed E-state index contributed by atoms with van der Waals surface area (Å²) in [6.07, 6.45) is 0. The zero-order valence-corrected chi connectivity index (χ0v) is 10.2. The maximum atomic E-state index is 13.6. The molecule has 5 N–H and O–H groups in total. The zero-order chi connectivity index (χ0) is 13.3. The van der Waals surface area contributed by atoms with Gasteiger partial charge in [0.05, 0.1) is 11.3 Å². The summed E-state index contributed by atoms with van der Waals surface area (Å²) in [6.45, 7) is 1.72. The summed E-state index contributed by atoms with van der Waals surface area (Å²) in [4.78, 5) is 15.1. The molecule has 2 aromatic rings. The van der Waals surface area contributed by atoms with Crippen LogP contribution in [0.5, 0.6) is 0 Å². The van der Waals surface area contributed by atoms with E-state index in [9.17, 15) is 9.18 Å². The van der Waals surface area contributed by atoms with Crippen LogP contribution in [-0.4, -0.2) is 15.3 Å². The van der Waals surface area contributed by atoms with E-state index in [1.165, 1.54) is 6.07 Å². The Morgan fingerprint density at radius 3 is 2.78 bits per heavy atom. The maximum Gasteiger partial charge on any atom is 0.250 e. The lowest BCUT2D eigenvalue weighted by atomic mass is 10.1. The van der Waals surface area contributed by atoms with Crippen molar-refractivity contribution >= 4 is 33.9 Å². The van der Waals surface area contributed by atoms with Crippen molar-refractivity contribution in [2.45, 2.75) is 6.92 Å². The van der Waals surface area contributed by atoms with Crippen molar-refractivity contribution in [3.63, 3.8) is 0 Å². The van der Waals surface area contributed by atoms with Gasteiger partial charge in [-0.1, -0.05) is 0 Å². The summed E-state index contributed by atoms with van der Waals surface area (Å²) >= 11 is 1.09. The predicted octanol–water partition coefficient (Wildman–Crippen LogP) is 1.41. The second-order valence-electron chi connectivity index (χ2n) is 3.56. The summed E-state index contributed by atoms with van der Waals surface area (Å²) in [5.74, 6) is -0.733. The van der Waals surface area contributed by atoms with E-state index in [1.807, 2.05) is 0 Å². The van der Waals surface area contributed by atoms with Crippen LogP contribution in [0.25, 0.3) is 0 Å². The van der Waals surface area contributed by atoms with Crippen LogP contribution >= 0.6 is 11.5 Å². The second kappa shape index (κ2) is 4.57. The molecule has 0 saturated heterocycles. The van der Waals surface area contributed by atoms with Gasteiger partial charge in [-0.05, 0) is 19.1 Å². The molecule has 0 fully saturated rings. The third-order valence-corrected chi connectivity index (χ3v) is 2.90. The minimum absolute atomic E-state index is 0.000931. The van der Waals surface area contributed by atoms with Crippen LogP contribution in [0.15, 0.2) is 12.1 Å². The number of hydrogen-bond acceptors (Lipinski definition) is 6. The Morgan fingerprint density at radius 1 is 1.50 bits per heavy atom. The van der Waals surface area contributed by atoms with Crippen molar-refractivity contribution in [1.82, 2.24) is 9.36 Å². The van der Waals surface area contributed by atoms with Crippen LogP contribution < -0.4 is 16.8 Å². The number of carbonyl (C=O) groups excluding carboxylic acids is 1. The summed E-state index contributed by atoms with van der Waals surface area (Å²) in [7, 11) is 0. The highest BCUT2D eigenvalue weighted by Crippen LogP contribution is 2.25. The monoisotopic (exact) mass is 267 g/mol. The Labute approximate surface area is 106 Å². The van der Waals surface area contributed by atoms with Crippen molar-refractivity contribution in [3.05, 3.63) is 29.3 Å². The number of primary amides is 1. The van der Waals surface area contributed by atoms with Crippen LogP contribution in [0.1, 0.15) is 16.2 Å². The average molecular weight is 267 g/mol. The number of nitrogens with zero attached hydrogens (tertiary/aromatic N) is 2. The van der Waals surface area contributed by atoms with E-state index < -0.39 is 11.7 Å². The van der Waals surface area contributed by atoms with Crippen molar-refractivity contribution in [3.8, 4) is 0 Å². The molecule has 0 radical (unpaired) electrons. The normalized spacial score (nSPS) is 10.3. The number of anilines is 3. The molecule has 1 heterocycles. The number of benzene rings is 1. The lowest BCUT2D eigenvalue weighted by Gasteiger charge is -2.08. The SMILES string of the molecule is Cc1nsc(Nc2cc(C(N)=O)c(N)cc2F)n1. The van der Waals surface area contributed by atoms with Gasteiger partial charge in [-0.15, -0.1) is 0 Å².